The molecule has 1 fully saturated rings. The highest BCUT2D eigenvalue weighted by Crippen LogP contribution is 2.28. The second kappa shape index (κ2) is 10.5. The van der Waals surface area contributed by atoms with Gasteiger partial charge in [0.25, 0.3) is 5.91 Å². The van der Waals surface area contributed by atoms with E-state index in [-0.39, 0.29) is 18.4 Å². The molecule has 0 bridgehead atoms. The first-order valence-electron chi connectivity index (χ1n) is 11.5. The minimum absolute atomic E-state index is 0.0455. The molecule has 0 radical (unpaired) electrons. The third-order valence-electron chi connectivity index (χ3n) is 6.37. The Morgan fingerprint density at radius 3 is 2.03 bits per heavy atom. The van der Waals surface area contributed by atoms with Gasteiger partial charge in [-0.05, 0) is 42.2 Å². The van der Waals surface area contributed by atoms with Gasteiger partial charge in [-0.15, -0.1) is 0 Å². The lowest BCUT2D eigenvalue weighted by molar-refractivity contribution is -0.137. The first kappa shape index (κ1) is 22.7. The maximum absolute atomic E-state index is 13.1. The zero-order chi connectivity index (χ0) is 23.2. The Balaban J connectivity index is 1.40. The molecule has 0 unspecified atom stereocenters. The number of hydrogen-bond acceptors (Lipinski definition) is 3. The molecule has 1 heterocycles. The summed E-state index contributed by atoms with van der Waals surface area (Å²) in [6.45, 7) is 4.77. The van der Waals surface area contributed by atoms with Crippen molar-refractivity contribution in [2.45, 2.75) is 25.8 Å². The summed E-state index contributed by atoms with van der Waals surface area (Å²) in [5, 5.41) is 9.21. The first-order chi connectivity index (χ1) is 16.0. The van der Waals surface area contributed by atoms with Gasteiger partial charge >= 0.3 is 5.97 Å². The molecule has 1 amide bonds. The Bertz CT molecular complexity index is 1070. The fourth-order valence-corrected chi connectivity index (χ4v) is 4.46. The minimum Gasteiger partial charge on any atom is -0.481 e. The van der Waals surface area contributed by atoms with E-state index in [1.165, 1.54) is 5.56 Å². The van der Waals surface area contributed by atoms with Gasteiger partial charge in [0.1, 0.15) is 0 Å². The molecule has 1 N–H and O–H groups in total. The van der Waals surface area contributed by atoms with E-state index in [1.807, 2.05) is 54.3 Å². The van der Waals surface area contributed by atoms with Gasteiger partial charge in [-0.3, -0.25) is 14.5 Å². The number of carboxylic acids is 1. The second-order valence-electron chi connectivity index (χ2n) is 8.63. The summed E-state index contributed by atoms with van der Waals surface area (Å²) in [6, 6.07) is 26.3. The van der Waals surface area contributed by atoms with E-state index >= 15 is 0 Å². The Morgan fingerprint density at radius 1 is 0.818 bits per heavy atom. The van der Waals surface area contributed by atoms with E-state index in [0.29, 0.717) is 25.1 Å². The first-order valence-corrected chi connectivity index (χ1v) is 11.5. The Labute approximate surface area is 195 Å². The smallest absolute Gasteiger partial charge is 0.303 e. The summed E-state index contributed by atoms with van der Waals surface area (Å²) in [5.41, 5.74) is 5.25. The molecule has 1 aliphatic rings. The van der Waals surface area contributed by atoms with Gasteiger partial charge < -0.3 is 10.0 Å². The average molecular weight is 443 g/mol. The van der Waals surface area contributed by atoms with E-state index in [4.69, 9.17) is 0 Å². The van der Waals surface area contributed by atoms with Crippen LogP contribution in [0.2, 0.25) is 0 Å². The van der Waals surface area contributed by atoms with Crippen LogP contribution >= 0.6 is 0 Å². The van der Waals surface area contributed by atoms with Crippen LogP contribution in [0, 0.1) is 6.92 Å². The van der Waals surface area contributed by atoms with Crippen molar-refractivity contribution < 1.29 is 14.7 Å². The maximum Gasteiger partial charge on any atom is 0.303 e. The number of aryl methyl sites for hydroxylation is 1. The van der Waals surface area contributed by atoms with Crippen LogP contribution in [0.25, 0.3) is 11.1 Å². The van der Waals surface area contributed by atoms with Gasteiger partial charge in [0.05, 0.1) is 0 Å². The summed E-state index contributed by atoms with van der Waals surface area (Å²) in [7, 11) is 0. The number of nitrogens with zero attached hydrogens (tertiary/aromatic N) is 2. The maximum atomic E-state index is 13.1. The third-order valence-corrected chi connectivity index (χ3v) is 6.37. The van der Waals surface area contributed by atoms with Crippen molar-refractivity contribution in [2.24, 2.45) is 0 Å². The highest BCUT2D eigenvalue weighted by atomic mass is 16.4. The predicted molar refractivity (Wildman–Crippen MR) is 130 cm³/mol. The van der Waals surface area contributed by atoms with Gasteiger partial charge in [-0.25, -0.2) is 0 Å². The van der Waals surface area contributed by atoms with E-state index in [9.17, 15) is 14.7 Å². The number of benzene rings is 3. The molecular formula is C28H30N2O3. The number of carbonyl (C=O) groups excluding carboxylic acids is 1. The van der Waals surface area contributed by atoms with Crippen molar-refractivity contribution in [3.63, 3.8) is 0 Å². The van der Waals surface area contributed by atoms with Crippen LogP contribution < -0.4 is 0 Å². The zero-order valence-corrected chi connectivity index (χ0v) is 19.0. The fourth-order valence-electron chi connectivity index (χ4n) is 4.46. The second-order valence-corrected chi connectivity index (χ2v) is 8.63. The number of rotatable bonds is 7. The normalized spacial score (nSPS) is 15.2. The number of carboxylic acid groups (broad SMARTS) is 1. The minimum atomic E-state index is -0.778. The van der Waals surface area contributed by atoms with Gasteiger partial charge in [0, 0.05) is 44.2 Å². The molecule has 5 nitrogen and oxygen atoms in total. The molecule has 1 atom stereocenters. The van der Waals surface area contributed by atoms with Crippen LogP contribution in [0.1, 0.15) is 40.4 Å². The van der Waals surface area contributed by atoms with E-state index in [0.717, 1.165) is 29.8 Å². The predicted octanol–water partition coefficient (Wildman–Crippen LogP) is 5.03. The van der Waals surface area contributed by atoms with Crippen molar-refractivity contribution in [1.29, 1.82) is 0 Å². The summed E-state index contributed by atoms with van der Waals surface area (Å²) in [5.74, 6) is -0.730. The monoisotopic (exact) mass is 442 g/mol. The van der Waals surface area contributed by atoms with Crippen LogP contribution in [0.4, 0.5) is 0 Å². The molecule has 0 saturated carbocycles. The Hall–Kier alpha value is -3.44. The van der Waals surface area contributed by atoms with Crippen molar-refractivity contribution in [1.82, 2.24) is 9.80 Å². The molecule has 3 aromatic rings. The largest absolute Gasteiger partial charge is 0.481 e. The van der Waals surface area contributed by atoms with Crippen molar-refractivity contribution in [3.8, 4) is 11.1 Å². The van der Waals surface area contributed by atoms with Gasteiger partial charge in [-0.2, -0.15) is 0 Å². The molecule has 1 saturated heterocycles. The number of aliphatic carboxylic acids is 1. The van der Waals surface area contributed by atoms with Crippen molar-refractivity contribution in [2.75, 3.05) is 26.2 Å². The third kappa shape index (κ3) is 5.68. The van der Waals surface area contributed by atoms with Crippen LogP contribution in [0.15, 0.2) is 78.9 Å². The fraction of sp³-hybridized carbons (Fsp3) is 0.286. The standard InChI is InChI=1S/C28H30N2O3/c1-21-7-9-24(10-8-21)26(15-16-27(31)32)29-17-19-30(20-18-29)28(33)25-13-11-23(12-14-25)22-5-3-2-4-6-22/h2-14,26H,15-20H2,1H3,(H,31,32)/t26-/m1/s1. The molecule has 5 heteroatoms. The van der Waals surface area contributed by atoms with Crippen LogP contribution in [-0.4, -0.2) is 53.0 Å². The van der Waals surface area contributed by atoms with Gasteiger partial charge in [-0.1, -0.05) is 72.3 Å². The van der Waals surface area contributed by atoms with Crippen LogP contribution in [0.3, 0.4) is 0 Å². The molecule has 0 spiro atoms. The Morgan fingerprint density at radius 2 is 1.42 bits per heavy atom. The van der Waals surface area contributed by atoms with Crippen LogP contribution in [-0.2, 0) is 4.79 Å². The topological polar surface area (TPSA) is 60.9 Å². The molecule has 0 aliphatic carbocycles. The highest BCUT2D eigenvalue weighted by molar-refractivity contribution is 5.94. The van der Waals surface area contributed by atoms with Gasteiger partial charge in [0.15, 0.2) is 0 Å². The van der Waals surface area contributed by atoms with E-state index in [1.54, 1.807) is 0 Å². The molecule has 1 aliphatic heterocycles. The van der Waals surface area contributed by atoms with E-state index in [2.05, 4.69) is 41.3 Å². The lowest BCUT2D eigenvalue weighted by Gasteiger charge is -2.39. The average Bonchev–Trinajstić information content (AvgIpc) is 2.86. The van der Waals surface area contributed by atoms with Crippen molar-refractivity contribution >= 4 is 11.9 Å². The SMILES string of the molecule is Cc1ccc([C@@H](CCC(=O)O)N2CCN(C(=O)c3ccc(-c4ccccc4)cc3)CC2)cc1. The summed E-state index contributed by atoms with van der Waals surface area (Å²) in [4.78, 5) is 28.5. The van der Waals surface area contributed by atoms with Gasteiger partial charge in [0.2, 0.25) is 0 Å². The molecule has 170 valence electrons. The molecular weight excluding hydrogens is 412 g/mol. The number of piperazine rings is 1. The summed E-state index contributed by atoms with van der Waals surface area (Å²) >= 11 is 0. The van der Waals surface area contributed by atoms with Crippen LogP contribution in [0.5, 0.6) is 0 Å². The molecule has 33 heavy (non-hydrogen) atoms. The van der Waals surface area contributed by atoms with E-state index < -0.39 is 5.97 Å². The number of amides is 1. The number of carbonyl (C=O) groups is 2. The highest BCUT2D eigenvalue weighted by Gasteiger charge is 2.28. The van der Waals surface area contributed by atoms with Crippen molar-refractivity contribution in [3.05, 3.63) is 95.6 Å². The quantitative estimate of drug-likeness (QED) is 0.558. The lowest BCUT2D eigenvalue weighted by atomic mass is 9.98. The summed E-state index contributed by atoms with van der Waals surface area (Å²) < 4.78 is 0. The number of hydrogen-bond donors (Lipinski definition) is 1. The molecule has 4 rings (SSSR count). The zero-order valence-electron chi connectivity index (χ0n) is 19.0. The Kier molecular flexibility index (Phi) is 7.20. The molecule has 0 aromatic heterocycles. The lowest BCUT2D eigenvalue weighted by Crippen LogP contribution is -2.49. The molecule has 3 aromatic carbocycles. The summed E-state index contributed by atoms with van der Waals surface area (Å²) in [6.07, 6.45) is 0.693.